The van der Waals surface area contributed by atoms with Crippen molar-refractivity contribution >= 4 is 27.5 Å². The van der Waals surface area contributed by atoms with Gasteiger partial charge in [0.1, 0.15) is 0 Å². The summed E-state index contributed by atoms with van der Waals surface area (Å²) in [5.41, 5.74) is 4.51. The second-order valence-electron chi connectivity index (χ2n) is 8.72. The number of rotatable bonds is 6. The number of hydrogen-bond acceptors (Lipinski definition) is 3. The van der Waals surface area contributed by atoms with Crippen molar-refractivity contribution in [2.24, 2.45) is 0 Å². The zero-order valence-corrected chi connectivity index (χ0v) is 18.3. The molecular formula is C28H28N2O2. The molecule has 0 unspecified atom stereocenters. The van der Waals surface area contributed by atoms with Crippen LogP contribution in [0.5, 0.6) is 0 Å². The van der Waals surface area contributed by atoms with Gasteiger partial charge in [-0.1, -0.05) is 61.0 Å². The lowest BCUT2D eigenvalue weighted by Crippen LogP contribution is -2.29. The molecule has 0 spiro atoms. The summed E-state index contributed by atoms with van der Waals surface area (Å²) in [7, 11) is 0. The average molecular weight is 425 g/mol. The molecule has 162 valence electrons. The van der Waals surface area contributed by atoms with Gasteiger partial charge in [-0.25, -0.2) is 0 Å². The van der Waals surface area contributed by atoms with Crippen LogP contribution >= 0.6 is 0 Å². The van der Waals surface area contributed by atoms with E-state index in [2.05, 4.69) is 53.4 Å². The number of piperidine rings is 1. The van der Waals surface area contributed by atoms with Crippen LogP contribution in [0, 0.1) is 0 Å². The van der Waals surface area contributed by atoms with Gasteiger partial charge >= 0.3 is 5.97 Å². The van der Waals surface area contributed by atoms with Crippen molar-refractivity contribution in [1.29, 1.82) is 0 Å². The maximum Gasteiger partial charge on any atom is 0.303 e. The first kappa shape index (κ1) is 20.7. The Labute approximate surface area is 188 Å². The van der Waals surface area contributed by atoms with Crippen molar-refractivity contribution in [3.8, 4) is 11.3 Å². The van der Waals surface area contributed by atoms with Crippen molar-refractivity contribution < 1.29 is 9.90 Å². The lowest BCUT2D eigenvalue weighted by Gasteiger charge is -2.27. The number of carboxylic acid groups (broad SMARTS) is 1. The fraction of sp³-hybridized carbons (Fsp3) is 0.286. The molecule has 4 nitrogen and oxygen atoms in total. The molecule has 5 rings (SSSR count). The molecule has 0 aliphatic carbocycles. The molecule has 2 heterocycles. The number of aromatic nitrogens is 1. The molecule has 0 bridgehead atoms. The average Bonchev–Trinajstić information content (AvgIpc) is 2.83. The summed E-state index contributed by atoms with van der Waals surface area (Å²) in [6.07, 6.45) is 6.50. The van der Waals surface area contributed by atoms with E-state index in [0.29, 0.717) is 6.42 Å². The van der Waals surface area contributed by atoms with Crippen LogP contribution in [0.3, 0.4) is 0 Å². The van der Waals surface area contributed by atoms with E-state index in [0.717, 1.165) is 34.1 Å². The predicted molar refractivity (Wildman–Crippen MR) is 130 cm³/mol. The van der Waals surface area contributed by atoms with Crippen LogP contribution in [0.1, 0.15) is 36.8 Å². The number of hydrogen-bond donors (Lipinski definition) is 1. The number of pyridine rings is 1. The summed E-state index contributed by atoms with van der Waals surface area (Å²) in [4.78, 5) is 18.5. The van der Waals surface area contributed by atoms with Gasteiger partial charge in [-0.2, -0.15) is 0 Å². The normalized spacial score (nSPS) is 14.8. The van der Waals surface area contributed by atoms with Crippen molar-refractivity contribution in [3.63, 3.8) is 0 Å². The Morgan fingerprint density at radius 3 is 2.31 bits per heavy atom. The van der Waals surface area contributed by atoms with Gasteiger partial charge in [0.2, 0.25) is 0 Å². The molecular weight excluding hydrogens is 396 g/mol. The van der Waals surface area contributed by atoms with Crippen LogP contribution in [-0.4, -0.2) is 34.0 Å². The third-order valence-corrected chi connectivity index (χ3v) is 6.61. The van der Waals surface area contributed by atoms with Crippen molar-refractivity contribution in [2.75, 3.05) is 13.1 Å². The monoisotopic (exact) mass is 424 g/mol. The van der Waals surface area contributed by atoms with Gasteiger partial charge in [-0.15, -0.1) is 0 Å². The van der Waals surface area contributed by atoms with Crippen LogP contribution in [-0.2, 0) is 17.8 Å². The standard InChI is InChI=1S/C28H28N2O2/c31-27(32)14-13-20-7-4-10-24-22(20)9-6-12-26(24)28-25-11-5-8-21(23(25)15-16-29-28)19-30-17-2-1-3-18-30/h4-12,15-16H,1-3,13-14,17-19H2,(H,31,32). The van der Waals surface area contributed by atoms with E-state index in [1.165, 1.54) is 48.7 Å². The fourth-order valence-electron chi connectivity index (χ4n) is 5.02. The molecule has 1 aliphatic rings. The number of likely N-dealkylation sites (tertiary alicyclic amines) is 1. The van der Waals surface area contributed by atoms with E-state index in [9.17, 15) is 4.79 Å². The highest BCUT2D eigenvalue weighted by molar-refractivity contribution is 6.05. The van der Waals surface area contributed by atoms with Crippen LogP contribution in [0.15, 0.2) is 66.9 Å². The van der Waals surface area contributed by atoms with Crippen LogP contribution in [0.4, 0.5) is 0 Å². The van der Waals surface area contributed by atoms with E-state index in [4.69, 9.17) is 10.1 Å². The molecule has 0 atom stereocenters. The summed E-state index contributed by atoms with van der Waals surface area (Å²) >= 11 is 0. The topological polar surface area (TPSA) is 53.4 Å². The summed E-state index contributed by atoms with van der Waals surface area (Å²) in [5.74, 6) is -0.768. The molecule has 0 saturated carbocycles. The SMILES string of the molecule is O=C(O)CCc1cccc2c(-c3nccc4c(CN5CCCCC5)cccc34)cccc12. The number of carboxylic acids is 1. The van der Waals surface area contributed by atoms with Crippen molar-refractivity contribution in [3.05, 3.63) is 78.0 Å². The van der Waals surface area contributed by atoms with Gasteiger partial charge in [0.15, 0.2) is 0 Å². The summed E-state index contributed by atoms with van der Waals surface area (Å²) in [6.45, 7) is 3.34. The molecule has 3 aromatic carbocycles. The molecule has 0 radical (unpaired) electrons. The number of fused-ring (bicyclic) bond motifs is 2. The summed E-state index contributed by atoms with van der Waals surface area (Å²) in [5, 5.41) is 13.8. The van der Waals surface area contributed by atoms with Crippen LogP contribution in [0.2, 0.25) is 0 Å². The molecule has 1 fully saturated rings. The quantitative estimate of drug-likeness (QED) is 0.409. The van der Waals surface area contributed by atoms with Crippen LogP contribution < -0.4 is 0 Å². The first-order valence-corrected chi connectivity index (χ1v) is 11.5. The van der Waals surface area contributed by atoms with Gasteiger partial charge in [0, 0.05) is 30.1 Å². The van der Waals surface area contributed by atoms with Crippen LogP contribution in [0.25, 0.3) is 32.8 Å². The lowest BCUT2D eigenvalue weighted by atomic mass is 9.93. The highest BCUT2D eigenvalue weighted by Gasteiger charge is 2.15. The van der Waals surface area contributed by atoms with Gasteiger partial charge in [0.05, 0.1) is 5.69 Å². The zero-order valence-electron chi connectivity index (χ0n) is 18.3. The molecule has 4 aromatic rings. The number of aryl methyl sites for hydroxylation is 1. The summed E-state index contributed by atoms with van der Waals surface area (Å²) in [6, 6.07) is 21.1. The molecule has 1 saturated heterocycles. The Morgan fingerprint density at radius 1 is 0.812 bits per heavy atom. The van der Waals surface area contributed by atoms with E-state index >= 15 is 0 Å². The van der Waals surface area contributed by atoms with Crippen molar-refractivity contribution in [1.82, 2.24) is 9.88 Å². The third-order valence-electron chi connectivity index (χ3n) is 6.61. The second-order valence-corrected chi connectivity index (χ2v) is 8.72. The summed E-state index contributed by atoms with van der Waals surface area (Å²) < 4.78 is 0. The first-order valence-electron chi connectivity index (χ1n) is 11.5. The minimum atomic E-state index is -0.768. The third kappa shape index (κ3) is 4.11. The maximum atomic E-state index is 11.1. The number of carbonyl (C=O) groups is 1. The number of nitrogens with zero attached hydrogens (tertiary/aromatic N) is 2. The van der Waals surface area contributed by atoms with E-state index in [-0.39, 0.29) is 6.42 Å². The molecule has 1 N–H and O–H groups in total. The van der Waals surface area contributed by atoms with E-state index in [1.807, 2.05) is 18.3 Å². The van der Waals surface area contributed by atoms with Gasteiger partial charge in [-0.05, 0) is 65.7 Å². The highest BCUT2D eigenvalue weighted by Crippen LogP contribution is 2.35. The smallest absolute Gasteiger partial charge is 0.303 e. The van der Waals surface area contributed by atoms with Gasteiger partial charge in [-0.3, -0.25) is 14.7 Å². The molecule has 32 heavy (non-hydrogen) atoms. The minimum Gasteiger partial charge on any atom is -0.481 e. The second kappa shape index (κ2) is 9.09. The van der Waals surface area contributed by atoms with E-state index in [1.54, 1.807) is 0 Å². The first-order chi connectivity index (χ1) is 15.7. The lowest BCUT2D eigenvalue weighted by molar-refractivity contribution is -0.136. The molecule has 1 aromatic heterocycles. The number of benzene rings is 3. The van der Waals surface area contributed by atoms with E-state index < -0.39 is 5.97 Å². The highest BCUT2D eigenvalue weighted by atomic mass is 16.4. The van der Waals surface area contributed by atoms with Gasteiger partial charge in [0.25, 0.3) is 0 Å². The molecule has 0 amide bonds. The maximum absolute atomic E-state index is 11.1. The largest absolute Gasteiger partial charge is 0.481 e. The minimum absolute atomic E-state index is 0.135. The fourth-order valence-corrected chi connectivity index (χ4v) is 5.02. The van der Waals surface area contributed by atoms with Crippen molar-refractivity contribution in [2.45, 2.75) is 38.6 Å². The Bertz CT molecular complexity index is 1280. The van der Waals surface area contributed by atoms with Gasteiger partial charge < -0.3 is 5.11 Å². The Morgan fingerprint density at radius 2 is 1.50 bits per heavy atom. The zero-order chi connectivity index (χ0) is 21.9. The molecule has 1 aliphatic heterocycles. The Hall–Kier alpha value is -3.24. The Kier molecular flexibility index (Phi) is 5.87. The predicted octanol–water partition coefficient (Wildman–Crippen LogP) is 6.06. The Balaban J connectivity index is 1.60. The molecule has 4 heteroatoms. The number of aliphatic carboxylic acids is 1.